The number of hydrogen-bond acceptors (Lipinski definition) is 9. The van der Waals surface area contributed by atoms with Crippen LogP contribution in [0.25, 0.3) is 10.8 Å². The number of halogens is 1. The van der Waals surface area contributed by atoms with E-state index in [0.29, 0.717) is 5.39 Å². The van der Waals surface area contributed by atoms with Crippen LogP contribution >= 0.6 is 7.75 Å². The van der Waals surface area contributed by atoms with E-state index in [4.69, 9.17) is 13.8 Å². The number of aromatic nitrogens is 2. The van der Waals surface area contributed by atoms with Gasteiger partial charge in [-0.1, -0.05) is 36.4 Å². The molecule has 12 nitrogen and oxygen atoms in total. The molecule has 0 saturated carbocycles. The summed E-state index contributed by atoms with van der Waals surface area (Å²) in [6.07, 6.45) is -3.83. The van der Waals surface area contributed by atoms with E-state index in [1.807, 2.05) is 23.2 Å². The summed E-state index contributed by atoms with van der Waals surface area (Å²) in [4.78, 5) is 37.6. The van der Waals surface area contributed by atoms with Crippen molar-refractivity contribution >= 4 is 24.5 Å². The number of methoxy groups -OCH3 is 1. The van der Waals surface area contributed by atoms with E-state index in [1.165, 1.54) is 6.92 Å². The van der Waals surface area contributed by atoms with Crippen molar-refractivity contribution in [3.05, 3.63) is 75.6 Å². The molecule has 0 spiro atoms. The Hall–Kier alpha value is -3.35. The number of H-pyrrole nitrogens is 1. The minimum absolute atomic E-state index is 0.178. The highest BCUT2D eigenvalue weighted by atomic mass is 31.2. The van der Waals surface area contributed by atoms with Gasteiger partial charge in [0.05, 0.1) is 13.7 Å². The molecule has 6 atom stereocenters. The van der Waals surface area contributed by atoms with Crippen molar-refractivity contribution < 1.29 is 37.4 Å². The molecule has 0 bridgehead atoms. The fourth-order valence-electron chi connectivity index (χ4n) is 4.10. The number of rotatable bonds is 9. The number of benzene rings is 2. The minimum atomic E-state index is -4.38. The van der Waals surface area contributed by atoms with Crippen LogP contribution in [-0.2, 0) is 23.4 Å². The molecule has 2 heterocycles. The first-order chi connectivity index (χ1) is 17.9. The van der Waals surface area contributed by atoms with Crippen LogP contribution in [0.5, 0.6) is 5.75 Å². The molecule has 0 radical (unpaired) electrons. The molecule has 2 unspecified atom stereocenters. The number of aliphatic hydroxyl groups excluding tert-OH is 1. The van der Waals surface area contributed by atoms with E-state index in [0.717, 1.165) is 36.3 Å². The monoisotopic (exact) mass is 551 g/mol. The zero-order valence-electron chi connectivity index (χ0n) is 20.7. The van der Waals surface area contributed by atoms with Crippen LogP contribution in [0, 0.1) is 0 Å². The molecule has 14 heteroatoms. The highest BCUT2D eigenvalue weighted by Gasteiger charge is 2.56. The molecule has 0 aliphatic carbocycles. The van der Waals surface area contributed by atoms with Crippen LogP contribution in [-0.4, -0.2) is 58.3 Å². The summed E-state index contributed by atoms with van der Waals surface area (Å²) < 4.78 is 51.7. The molecule has 0 amide bonds. The van der Waals surface area contributed by atoms with Crippen molar-refractivity contribution in [2.24, 2.45) is 0 Å². The average Bonchev–Trinajstić information content (AvgIpc) is 3.10. The number of carbonyl (C=O) groups is 1. The molecule has 3 N–H and O–H groups in total. The number of hydrogen-bond donors (Lipinski definition) is 3. The lowest BCUT2D eigenvalue weighted by Gasteiger charge is -2.25. The van der Waals surface area contributed by atoms with Crippen molar-refractivity contribution in [3.63, 3.8) is 0 Å². The third-order valence-electron chi connectivity index (χ3n) is 6.10. The van der Waals surface area contributed by atoms with Crippen molar-refractivity contribution in [3.8, 4) is 5.75 Å². The SMILES string of the molecule is COC(=O)[C@H](C)NP(=O)(OC[C@H]1O[C@@H](n2ccc(=O)[nH]c2=O)C(C)(F)[C@@H]1O)Oc1cccc2ccccc12. The Morgan fingerprint density at radius 1 is 1.26 bits per heavy atom. The molecule has 1 aromatic heterocycles. The Labute approximate surface area is 215 Å². The molecule has 4 rings (SSSR count). The first kappa shape index (κ1) is 27.7. The normalized spacial score (nSPS) is 25.6. The number of aromatic amines is 1. The molecule has 204 valence electrons. The predicted octanol–water partition coefficient (Wildman–Crippen LogP) is 2.03. The van der Waals surface area contributed by atoms with E-state index in [-0.39, 0.29) is 5.75 Å². The Morgan fingerprint density at radius 3 is 2.68 bits per heavy atom. The summed E-state index contributed by atoms with van der Waals surface area (Å²) in [5.74, 6) is -0.571. The van der Waals surface area contributed by atoms with E-state index < -0.39 is 61.7 Å². The number of fused-ring (bicyclic) bond motifs is 1. The number of nitrogens with one attached hydrogen (secondary N) is 2. The smallest absolute Gasteiger partial charge is 0.459 e. The summed E-state index contributed by atoms with van der Waals surface area (Å²) >= 11 is 0. The topological polar surface area (TPSA) is 158 Å². The summed E-state index contributed by atoms with van der Waals surface area (Å²) in [6.45, 7) is 1.74. The fraction of sp³-hybridized carbons (Fsp3) is 0.375. The van der Waals surface area contributed by atoms with E-state index >= 15 is 4.39 Å². The average molecular weight is 551 g/mol. The highest BCUT2D eigenvalue weighted by Crippen LogP contribution is 2.48. The van der Waals surface area contributed by atoms with Crippen LogP contribution in [0.15, 0.2) is 64.3 Å². The Morgan fingerprint density at radius 2 is 1.97 bits per heavy atom. The molecule has 1 saturated heterocycles. The van der Waals surface area contributed by atoms with Gasteiger partial charge >= 0.3 is 19.4 Å². The van der Waals surface area contributed by atoms with Gasteiger partial charge in [0.2, 0.25) is 0 Å². The molecule has 2 aromatic carbocycles. The molecule has 1 aliphatic heterocycles. The lowest BCUT2D eigenvalue weighted by molar-refractivity contribution is -0.142. The summed E-state index contributed by atoms with van der Waals surface area (Å²) in [7, 11) is -3.22. The van der Waals surface area contributed by atoms with E-state index in [9.17, 15) is 24.1 Å². The maximum Gasteiger partial charge on any atom is 0.459 e. The first-order valence-electron chi connectivity index (χ1n) is 11.6. The molecule has 1 aliphatic rings. The van der Waals surface area contributed by atoms with Crippen LogP contribution in [0.1, 0.15) is 20.1 Å². The largest absolute Gasteiger partial charge is 0.468 e. The van der Waals surface area contributed by atoms with Crippen molar-refractivity contribution in [1.29, 1.82) is 0 Å². The number of esters is 1. The number of nitrogens with zero attached hydrogens (tertiary/aromatic N) is 1. The Kier molecular flexibility index (Phi) is 7.86. The lowest BCUT2D eigenvalue weighted by Crippen LogP contribution is -2.43. The minimum Gasteiger partial charge on any atom is -0.468 e. The van der Waals surface area contributed by atoms with E-state index in [1.54, 1.807) is 24.3 Å². The second-order valence-electron chi connectivity index (χ2n) is 8.88. The van der Waals surface area contributed by atoms with E-state index in [2.05, 4.69) is 9.82 Å². The second-order valence-corrected chi connectivity index (χ2v) is 10.6. The van der Waals surface area contributed by atoms with Gasteiger partial charge in [-0.2, -0.15) is 5.09 Å². The van der Waals surface area contributed by atoms with Gasteiger partial charge in [-0.3, -0.25) is 23.7 Å². The number of ether oxygens (including phenoxy) is 2. The third kappa shape index (κ3) is 5.57. The third-order valence-corrected chi connectivity index (χ3v) is 7.73. The quantitative estimate of drug-likeness (QED) is 0.265. The van der Waals surface area contributed by atoms with Crippen molar-refractivity contribution in [2.45, 2.75) is 44.0 Å². The molecular weight excluding hydrogens is 524 g/mol. The predicted molar refractivity (Wildman–Crippen MR) is 134 cm³/mol. The number of aliphatic hydroxyl groups is 1. The standard InChI is InChI=1S/C24H27FN3O9P/c1-14(21(31)34-3)27-38(33,37-17-10-6-8-15-7-4-5-9-16(15)17)35-13-18-20(30)24(2,25)22(36-18)28-12-11-19(29)26-23(28)32/h4-12,14,18,20,22,30H,13H2,1-3H3,(H,27,33)(H,26,29,32)/t14-,18+,20+,22+,24?,38?/m0/s1. The van der Waals surface area contributed by atoms with Gasteiger partial charge < -0.3 is 19.1 Å². The second kappa shape index (κ2) is 10.8. The van der Waals surface area contributed by atoms with Gasteiger partial charge in [0.25, 0.3) is 5.56 Å². The Balaban J connectivity index is 1.60. The van der Waals surface area contributed by atoms with Gasteiger partial charge in [0.1, 0.15) is 24.0 Å². The van der Waals surface area contributed by atoms with Crippen LogP contribution in [0.2, 0.25) is 0 Å². The highest BCUT2D eigenvalue weighted by molar-refractivity contribution is 7.52. The van der Waals surface area contributed by atoms with Gasteiger partial charge in [-0.15, -0.1) is 0 Å². The lowest BCUT2D eigenvalue weighted by atomic mass is 9.98. The van der Waals surface area contributed by atoms with Gasteiger partial charge in [0.15, 0.2) is 11.9 Å². The maximum atomic E-state index is 15.5. The molecule has 3 aromatic rings. The summed E-state index contributed by atoms with van der Waals surface area (Å²) in [6, 6.07) is 12.1. The summed E-state index contributed by atoms with van der Waals surface area (Å²) in [5, 5.41) is 14.5. The number of carbonyl (C=O) groups excluding carboxylic acids is 1. The maximum absolute atomic E-state index is 15.5. The zero-order valence-corrected chi connectivity index (χ0v) is 21.6. The van der Waals surface area contributed by atoms with Crippen molar-refractivity contribution in [1.82, 2.24) is 14.6 Å². The van der Waals surface area contributed by atoms with Crippen LogP contribution in [0.4, 0.5) is 4.39 Å². The zero-order chi connectivity index (χ0) is 27.7. The van der Waals surface area contributed by atoms with Gasteiger partial charge in [0, 0.05) is 17.6 Å². The van der Waals surface area contributed by atoms with Crippen LogP contribution < -0.4 is 20.9 Å². The molecule has 1 fully saturated rings. The molecule has 38 heavy (non-hydrogen) atoms. The van der Waals surface area contributed by atoms with Crippen molar-refractivity contribution in [2.75, 3.05) is 13.7 Å². The fourth-order valence-corrected chi connectivity index (χ4v) is 5.62. The first-order valence-corrected chi connectivity index (χ1v) is 13.1. The number of alkyl halides is 1. The molecular formula is C24H27FN3O9P. The Bertz CT molecular complexity index is 1490. The van der Waals surface area contributed by atoms with Crippen LogP contribution in [0.3, 0.4) is 0 Å². The summed E-state index contributed by atoms with van der Waals surface area (Å²) in [5.41, 5.74) is -4.13. The van der Waals surface area contributed by atoms with Gasteiger partial charge in [-0.25, -0.2) is 13.8 Å². The van der Waals surface area contributed by atoms with Gasteiger partial charge in [-0.05, 0) is 25.3 Å².